The number of Topliss-reactive ketones (excluding diaryl/α,β-unsaturated/α-hetero) is 1. The number of hydrogen-bond acceptors (Lipinski definition) is 5. The first-order valence-electron chi connectivity index (χ1n) is 10.7. The van der Waals surface area contributed by atoms with Crippen LogP contribution in [-0.2, 0) is 4.79 Å². The normalized spacial score (nSPS) is 17.2. The fraction of sp³-hybridized carbons (Fsp3) is 0.500. The third kappa shape index (κ3) is 5.49. The van der Waals surface area contributed by atoms with Crippen molar-refractivity contribution in [1.29, 1.82) is 0 Å². The van der Waals surface area contributed by atoms with Gasteiger partial charge in [0.1, 0.15) is 29.3 Å². The average molecular weight is 396 g/mol. The van der Waals surface area contributed by atoms with Gasteiger partial charge in [-0.05, 0) is 56.5 Å². The molecule has 1 aromatic heterocycles. The van der Waals surface area contributed by atoms with Gasteiger partial charge in [-0.2, -0.15) is 0 Å². The Kier molecular flexibility index (Phi) is 7.13. The quantitative estimate of drug-likeness (QED) is 0.617. The molecule has 0 radical (unpaired) electrons. The summed E-state index contributed by atoms with van der Waals surface area (Å²) in [5, 5.41) is 0. The van der Waals surface area contributed by atoms with Gasteiger partial charge in [-0.15, -0.1) is 0 Å². The van der Waals surface area contributed by atoms with Crippen molar-refractivity contribution in [3.63, 3.8) is 0 Å². The third-order valence-electron chi connectivity index (χ3n) is 5.62. The summed E-state index contributed by atoms with van der Waals surface area (Å²) in [5.74, 6) is 3.41. The SMILES string of the molecule is CCN(CC)c1cccc(N2CC[C@@H](Oc3ccc([C@H](C)CC(C)=O)cc3)C2)n1. The molecule has 29 heavy (non-hydrogen) atoms. The van der Waals surface area contributed by atoms with E-state index < -0.39 is 0 Å². The number of rotatable bonds is 9. The molecule has 2 atom stereocenters. The van der Waals surface area contributed by atoms with Gasteiger partial charge in [0.2, 0.25) is 0 Å². The first kappa shape index (κ1) is 21.2. The van der Waals surface area contributed by atoms with Crippen LogP contribution >= 0.6 is 0 Å². The number of ketones is 1. The maximum atomic E-state index is 11.3. The highest BCUT2D eigenvalue weighted by atomic mass is 16.5. The van der Waals surface area contributed by atoms with Crippen molar-refractivity contribution in [2.24, 2.45) is 0 Å². The molecular formula is C24H33N3O2. The van der Waals surface area contributed by atoms with Gasteiger partial charge >= 0.3 is 0 Å². The molecule has 0 N–H and O–H groups in total. The highest BCUT2D eigenvalue weighted by Crippen LogP contribution is 2.26. The molecule has 1 aliphatic heterocycles. The summed E-state index contributed by atoms with van der Waals surface area (Å²) in [6.07, 6.45) is 1.73. The van der Waals surface area contributed by atoms with Crippen LogP contribution in [0.5, 0.6) is 5.75 Å². The summed E-state index contributed by atoms with van der Waals surface area (Å²) in [6.45, 7) is 11.8. The van der Waals surface area contributed by atoms with E-state index in [9.17, 15) is 4.79 Å². The second-order valence-electron chi connectivity index (χ2n) is 7.88. The number of nitrogens with zero attached hydrogens (tertiary/aromatic N) is 3. The predicted molar refractivity (Wildman–Crippen MR) is 119 cm³/mol. The number of pyridine rings is 1. The largest absolute Gasteiger partial charge is 0.489 e. The van der Waals surface area contributed by atoms with Crippen molar-refractivity contribution in [2.45, 2.75) is 52.6 Å². The Morgan fingerprint density at radius 1 is 1.21 bits per heavy atom. The molecule has 0 unspecified atom stereocenters. The van der Waals surface area contributed by atoms with E-state index in [0.717, 1.165) is 50.0 Å². The minimum Gasteiger partial charge on any atom is -0.489 e. The highest BCUT2D eigenvalue weighted by Gasteiger charge is 2.25. The summed E-state index contributed by atoms with van der Waals surface area (Å²) in [5.41, 5.74) is 1.18. The Hall–Kier alpha value is -2.56. The molecule has 5 heteroatoms. The van der Waals surface area contributed by atoms with Crippen molar-refractivity contribution in [3.05, 3.63) is 48.0 Å². The lowest BCUT2D eigenvalue weighted by atomic mass is 9.96. The summed E-state index contributed by atoms with van der Waals surface area (Å²) in [7, 11) is 0. The van der Waals surface area contributed by atoms with Crippen molar-refractivity contribution in [1.82, 2.24) is 4.98 Å². The van der Waals surface area contributed by atoms with Crippen molar-refractivity contribution >= 4 is 17.4 Å². The van der Waals surface area contributed by atoms with Gasteiger partial charge in [-0.25, -0.2) is 4.98 Å². The molecule has 0 aliphatic carbocycles. The van der Waals surface area contributed by atoms with Crippen molar-refractivity contribution in [2.75, 3.05) is 36.0 Å². The van der Waals surface area contributed by atoms with E-state index in [1.165, 1.54) is 5.56 Å². The summed E-state index contributed by atoms with van der Waals surface area (Å²) >= 11 is 0. The number of benzene rings is 1. The second kappa shape index (κ2) is 9.77. The van der Waals surface area contributed by atoms with Crippen molar-refractivity contribution in [3.8, 4) is 5.75 Å². The number of aromatic nitrogens is 1. The van der Waals surface area contributed by atoms with Crippen LogP contribution in [0.3, 0.4) is 0 Å². The van der Waals surface area contributed by atoms with E-state index in [1.54, 1.807) is 6.92 Å². The molecule has 2 heterocycles. The Balaban J connectivity index is 1.59. The highest BCUT2D eigenvalue weighted by molar-refractivity contribution is 5.76. The van der Waals surface area contributed by atoms with Crippen LogP contribution in [0.1, 0.15) is 52.0 Å². The number of carbonyl (C=O) groups excluding carboxylic acids is 1. The van der Waals surface area contributed by atoms with Crippen LogP contribution in [0, 0.1) is 0 Å². The Morgan fingerprint density at radius 3 is 2.59 bits per heavy atom. The summed E-state index contributed by atoms with van der Waals surface area (Å²) < 4.78 is 6.22. The Labute approximate surface area is 174 Å². The molecule has 0 bridgehead atoms. The lowest BCUT2D eigenvalue weighted by molar-refractivity contribution is -0.117. The molecule has 1 aromatic carbocycles. The fourth-order valence-electron chi connectivity index (χ4n) is 3.96. The van der Waals surface area contributed by atoms with Gasteiger partial charge in [0, 0.05) is 32.5 Å². The zero-order valence-electron chi connectivity index (χ0n) is 18.1. The molecule has 2 aromatic rings. The molecule has 0 amide bonds. The first-order chi connectivity index (χ1) is 14.0. The van der Waals surface area contributed by atoms with Crippen molar-refractivity contribution < 1.29 is 9.53 Å². The fourth-order valence-corrected chi connectivity index (χ4v) is 3.96. The van der Waals surface area contributed by atoms with Crippen LogP contribution in [0.4, 0.5) is 11.6 Å². The topological polar surface area (TPSA) is 45.7 Å². The molecule has 0 saturated carbocycles. The number of anilines is 2. The molecule has 1 fully saturated rings. The molecular weight excluding hydrogens is 362 g/mol. The maximum absolute atomic E-state index is 11.3. The van der Waals surface area contributed by atoms with E-state index in [4.69, 9.17) is 9.72 Å². The van der Waals surface area contributed by atoms with Gasteiger partial charge < -0.3 is 19.3 Å². The van der Waals surface area contributed by atoms with Crippen LogP contribution in [0.15, 0.2) is 42.5 Å². The smallest absolute Gasteiger partial charge is 0.131 e. The second-order valence-corrected chi connectivity index (χ2v) is 7.88. The van der Waals surface area contributed by atoms with Crippen LogP contribution in [0.25, 0.3) is 0 Å². The van der Waals surface area contributed by atoms with E-state index in [-0.39, 0.29) is 17.8 Å². The van der Waals surface area contributed by atoms with Gasteiger partial charge in [0.15, 0.2) is 0 Å². The van der Waals surface area contributed by atoms with Crippen LogP contribution < -0.4 is 14.5 Å². The molecule has 1 aliphatic rings. The van der Waals surface area contributed by atoms with Gasteiger partial charge in [-0.3, -0.25) is 0 Å². The van der Waals surface area contributed by atoms with E-state index in [1.807, 2.05) is 12.1 Å². The minimum absolute atomic E-state index is 0.161. The monoisotopic (exact) mass is 395 g/mol. The number of carbonyl (C=O) groups is 1. The zero-order chi connectivity index (χ0) is 20.8. The molecule has 1 saturated heterocycles. The van der Waals surface area contributed by atoms with Gasteiger partial charge in [0.05, 0.1) is 6.54 Å². The van der Waals surface area contributed by atoms with E-state index in [2.05, 4.69) is 60.9 Å². The Bertz CT molecular complexity index is 802. The maximum Gasteiger partial charge on any atom is 0.131 e. The number of ether oxygens (including phenoxy) is 1. The lowest BCUT2D eigenvalue weighted by Gasteiger charge is -2.23. The predicted octanol–water partition coefficient (Wildman–Crippen LogP) is 4.67. The third-order valence-corrected chi connectivity index (χ3v) is 5.62. The number of hydrogen-bond donors (Lipinski definition) is 0. The van der Waals surface area contributed by atoms with Crippen LogP contribution in [-0.4, -0.2) is 43.1 Å². The molecule has 0 spiro atoms. The average Bonchev–Trinajstić information content (AvgIpc) is 3.18. The zero-order valence-corrected chi connectivity index (χ0v) is 18.1. The molecule has 5 nitrogen and oxygen atoms in total. The van der Waals surface area contributed by atoms with E-state index in [0.29, 0.717) is 6.42 Å². The summed E-state index contributed by atoms with van der Waals surface area (Å²) in [6, 6.07) is 14.4. The van der Waals surface area contributed by atoms with E-state index >= 15 is 0 Å². The first-order valence-corrected chi connectivity index (χ1v) is 10.7. The minimum atomic E-state index is 0.161. The van der Waals surface area contributed by atoms with Gasteiger partial charge in [0.25, 0.3) is 0 Å². The van der Waals surface area contributed by atoms with Crippen LogP contribution in [0.2, 0.25) is 0 Å². The lowest BCUT2D eigenvalue weighted by Crippen LogP contribution is -2.27. The Morgan fingerprint density at radius 2 is 1.93 bits per heavy atom. The standard InChI is InChI=1S/C24H33N3O2/c1-5-26(6-2)23-8-7-9-24(25-23)27-15-14-22(17-27)29-21-12-10-20(11-13-21)18(3)16-19(4)28/h7-13,18,22H,5-6,14-17H2,1-4H3/t18-,22-/m1/s1. The molecule has 156 valence electrons. The molecule has 3 rings (SSSR count). The summed E-state index contributed by atoms with van der Waals surface area (Å²) in [4.78, 5) is 20.8. The van der Waals surface area contributed by atoms with Gasteiger partial charge in [-0.1, -0.05) is 25.1 Å².